The fourth-order valence-corrected chi connectivity index (χ4v) is 2.53. The number of nitrogens with zero attached hydrogens (tertiary/aromatic N) is 1. The molecule has 0 radical (unpaired) electrons. The van der Waals surface area contributed by atoms with Crippen molar-refractivity contribution in [1.82, 2.24) is 4.90 Å². The lowest BCUT2D eigenvalue weighted by molar-refractivity contribution is -0.129. The number of carbonyl (C=O) groups excluding carboxylic acids is 1. The van der Waals surface area contributed by atoms with Gasteiger partial charge >= 0.3 is 5.95 Å². The van der Waals surface area contributed by atoms with Crippen LogP contribution in [-0.4, -0.2) is 22.5 Å². The lowest BCUT2D eigenvalue weighted by Crippen LogP contribution is -2.28. The van der Waals surface area contributed by atoms with Crippen molar-refractivity contribution >= 4 is 5.91 Å². The average Bonchev–Trinajstić information content (AvgIpc) is 2.99. The van der Waals surface area contributed by atoms with Gasteiger partial charge in [-0.3, -0.25) is 4.79 Å². The van der Waals surface area contributed by atoms with Crippen LogP contribution in [0.4, 0.5) is 0 Å². The van der Waals surface area contributed by atoms with Gasteiger partial charge in [0, 0.05) is 13.0 Å². The van der Waals surface area contributed by atoms with E-state index >= 15 is 0 Å². The van der Waals surface area contributed by atoms with Crippen LogP contribution in [0.3, 0.4) is 0 Å². The van der Waals surface area contributed by atoms with Crippen molar-refractivity contribution in [2.75, 3.05) is 6.54 Å². The number of hydrogen-bond donors (Lipinski definition) is 1. The van der Waals surface area contributed by atoms with Crippen LogP contribution in [0.5, 0.6) is 0 Å². The Kier molecular flexibility index (Phi) is 2.51. The van der Waals surface area contributed by atoms with Crippen LogP contribution in [0, 0.1) is 5.92 Å². The molecule has 2 aliphatic rings. The number of carbonyl (C=O) groups is 1. The highest BCUT2D eigenvalue weighted by Gasteiger charge is 2.42. The molecule has 1 amide bonds. The molecule has 0 unspecified atom stereocenters. The minimum Gasteiger partial charge on any atom is -0.478 e. The van der Waals surface area contributed by atoms with Crippen LogP contribution >= 0.6 is 0 Å². The number of benzene rings is 1. The second-order valence-corrected chi connectivity index (χ2v) is 4.81. The summed E-state index contributed by atoms with van der Waals surface area (Å²) in [5.74, 6) is 0.726. The molecule has 1 saturated heterocycles. The molecule has 4 nitrogen and oxygen atoms in total. The summed E-state index contributed by atoms with van der Waals surface area (Å²) in [6.45, 7) is 2.64. The van der Waals surface area contributed by atoms with Crippen molar-refractivity contribution in [1.29, 1.82) is 0 Å². The lowest BCUT2D eigenvalue weighted by atomic mass is 10.1. The Balaban J connectivity index is 1.75. The minimum atomic E-state index is 0.00186. The third-order valence-electron chi connectivity index (χ3n) is 3.65. The van der Waals surface area contributed by atoms with Crippen molar-refractivity contribution in [2.45, 2.75) is 19.4 Å². The zero-order valence-corrected chi connectivity index (χ0v) is 10.2. The Bertz CT molecular complexity index is 509. The number of amides is 1. The van der Waals surface area contributed by atoms with Crippen LogP contribution in [0.15, 0.2) is 42.0 Å². The number of rotatable bonds is 3. The van der Waals surface area contributed by atoms with E-state index in [1.807, 2.05) is 42.2 Å². The summed E-state index contributed by atoms with van der Waals surface area (Å²) in [5.41, 5.74) is 1.13. The standard InChI is InChI=1S/C14H15NO3/c1-9(10-5-3-2-4-6-10)15-8-11(7-12(15)16)13-14(17)18-13/h2-6,9,11,17H,7-8H2,1H3/t9-,11-/m0/s1. The fraction of sp³-hybridized carbons (Fsp3) is 0.357. The third kappa shape index (κ3) is 1.83. The number of aliphatic hydroxyl groups is 1. The first-order valence-corrected chi connectivity index (χ1v) is 6.12. The van der Waals surface area contributed by atoms with Crippen molar-refractivity contribution in [3.8, 4) is 0 Å². The van der Waals surface area contributed by atoms with E-state index in [0.29, 0.717) is 18.7 Å². The molecule has 3 rings (SSSR count). The normalized spacial score (nSPS) is 24.2. The molecule has 18 heavy (non-hydrogen) atoms. The van der Waals surface area contributed by atoms with Gasteiger partial charge in [-0.15, -0.1) is 0 Å². The smallest absolute Gasteiger partial charge is 0.323 e. The molecular formula is C14H15NO3. The van der Waals surface area contributed by atoms with Gasteiger partial charge in [-0.1, -0.05) is 30.3 Å². The van der Waals surface area contributed by atoms with Gasteiger partial charge in [0.25, 0.3) is 0 Å². The molecular weight excluding hydrogens is 230 g/mol. The quantitative estimate of drug-likeness (QED) is 0.889. The summed E-state index contributed by atoms with van der Waals surface area (Å²) >= 11 is 0. The van der Waals surface area contributed by atoms with E-state index in [4.69, 9.17) is 9.84 Å². The van der Waals surface area contributed by atoms with Gasteiger partial charge in [0.2, 0.25) is 5.91 Å². The van der Waals surface area contributed by atoms with Gasteiger partial charge in [-0.05, 0) is 12.5 Å². The number of ether oxygens (including phenoxy) is 1. The van der Waals surface area contributed by atoms with E-state index in [1.165, 1.54) is 0 Å². The summed E-state index contributed by atoms with van der Waals surface area (Å²) in [4.78, 5) is 13.9. The summed E-state index contributed by atoms with van der Waals surface area (Å²) in [6, 6.07) is 10.0. The molecule has 2 aliphatic heterocycles. The van der Waals surface area contributed by atoms with E-state index in [0.717, 1.165) is 5.56 Å². The highest BCUT2D eigenvalue weighted by Crippen LogP contribution is 2.39. The monoisotopic (exact) mass is 245 g/mol. The first-order chi connectivity index (χ1) is 8.66. The first kappa shape index (κ1) is 11.1. The minimum absolute atomic E-state index is 0.00186. The van der Waals surface area contributed by atoms with Gasteiger partial charge in [0.15, 0.2) is 5.76 Å². The van der Waals surface area contributed by atoms with E-state index in [9.17, 15) is 4.79 Å². The fourth-order valence-electron chi connectivity index (χ4n) is 2.53. The highest BCUT2D eigenvalue weighted by atomic mass is 16.7. The Morgan fingerprint density at radius 1 is 1.39 bits per heavy atom. The first-order valence-electron chi connectivity index (χ1n) is 6.12. The van der Waals surface area contributed by atoms with Gasteiger partial charge in [0.1, 0.15) is 0 Å². The zero-order chi connectivity index (χ0) is 12.7. The molecule has 1 N–H and O–H groups in total. The number of likely N-dealkylation sites (tertiary alicyclic amines) is 1. The molecule has 1 aromatic rings. The van der Waals surface area contributed by atoms with Crippen LogP contribution < -0.4 is 0 Å². The topological polar surface area (TPSA) is 53.1 Å². The second kappa shape index (κ2) is 4.05. The van der Waals surface area contributed by atoms with E-state index < -0.39 is 0 Å². The molecule has 94 valence electrons. The van der Waals surface area contributed by atoms with Crippen molar-refractivity contribution in [2.24, 2.45) is 5.92 Å². The summed E-state index contributed by atoms with van der Waals surface area (Å²) in [6.07, 6.45) is 0.427. The predicted molar refractivity (Wildman–Crippen MR) is 65.4 cm³/mol. The number of hydrogen-bond acceptors (Lipinski definition) is 3. The largest absolute Gasteiger partial charge is 0.478 e. The van der Waals surface area contributed by atoms with Crippen LogP contribution in [0.2, 0.25) is 0 Å². The lowest BCUT2D eigenvalue weighted by Gasteiger charge is -2.24. The molecule has 4 heteroatoms. The molecule has 2 atom stereocenters. The highest BCUT2D eigenvalue weighted by molar-refractivity contribution is 5.79. The molecule has 1 aromatic carbocycles. The Morgan fingerprint density at radius 3 is 2.67 bits per heavy atom. The Hall–Kier alpha value is -1.97. The Labute approximate surface area is 105 Å². The van der Waals surface area contributed by atoms with Crippen molar-refractivity contribution < 1.29 is 14.6 Å². The summed E-state index contributed by atoms with van der Waals surface area (Å²) in [5, 5.41) is 9.14. The van der Waals surface area contributed by atoms with E-state index in [1.54, 1.807) is 0 Å². The maximum atomic E-state index is 12.0. The van der Waals surface area contributed by atoms with Gasteiger partial charge in [-0.2, -0.15) is 0 Å². The van der Waals surface area contributed by atoms with E-state index in [2.05, 4.69) is 0 Å². The molecule has 1 fully saturated rings. The van der Waals surface area contributed by atoms with Crippen LogP contribution in [-0.2, 0) is 9.53 Å². The summed E-state index contributed by atoms with van der Waals surface area (Å²) in [7, 11) is 0. The third-order valence-corrected chi connectivity index (χ3v) is 3.65. The molecule has 0 aliphatic carbocycles. The molecule has 0 bridgehead atoms. The maximum Gasteiger partial charge on any atom is 0.323 e. The van der Waals surface area contributed by atoms with Gasteiger partial charge in [0.05, 0.1) is 12.0 Å². The summed E-state index contributed by atoms with van der Waals surface area (Å²) < 4.78 is 4.89. The predicted octanol–water partition coefficient (Wildman–Crippen LogP) is 2.35. The molecule has 0 saturated carbocycles. The Morgan fingerprint density at radius 2 is 2.06 bits per heavy atom. The second-order valence-electron chi connectivity index (χ2n) is 4.81. The van der Waals surface area contributed by atoms with Crippen LogP contribution in [0.25, 0.3) is 0 Å². The SMILES string of the molecule is C[C@@H](c1ccccc1)N1C[C@@H](C2=C(O)O2)CC1=O. The van der Waals surface area contributed by atoms with Gasteiger partial charge < -0.3 is 14.7 Å². The van der Waals surface area contributed by atoms with Crippen molar-refractivity contribution in [3.05, 3.63) is 47.6 Å². The molecule has 0 spiro atoms. The maximum absolute atomic E-state index is 12.0. The van der Waals surface area contributed by atoms with Crippen molar-refractivity contribution in [3.63, 3.8) is 0 Å². The number of aliphatic hydroxyl groups excluding tert-OH is 1. The van der Waals surface area contributed by atoms with E-state index in [-0.39, 0.29) is 23.8 Å². The average molecular weight is 245 g/mol. The van der Waals surface area contributed by atoms with Gasteiger partial charge in [-0.25, -0.2) is 0 Å². The molecule has 2 heterocycles. The van der Waals surface area contributed by atoms with Crippen LogP contribution in [0.1, 0.15) is 24.9 Å². The zero-order valence-electron chi connectivity index (χ0n) is 10.2. The molecule has 0 aromatic heterocycles.